The van der Waals surface area contributed by atoms with Crippen molar-refractivity contribution in [1.82, 2.24) is 25.6 Å². The van der Waals surface area contributed by atoms with Crippen molar-refractivity contribution in [2.24, 2.45) is 5.92 Å². The van der Waals surface area contributed by atoms with Crippen LogP contribution in [-0.4, -0.2) is 60.0 Å². The summed E-state index contributed by atoms with van der Waals surface area (Å²) in [6.07, 6.45) is 4.93. The SMILES string of the molecule is CS(=O)(=O)c1ccc(-c2ccc(OCC3CCN(c4nnn[nH]4)CC3)cn2)cc1. The van der Waals surface area contributed by atoms with Gasteiger partial charge < -0.3 is 9.64 Å². The van der Waals surface area contributed by atoms with E-state index in [9.17, 15) is 8.42 Å². The number of hydrogen-bond acceptors (Lipinski definition) is 8. The van der Waals surface area contributed by atoms with Gasteiger partial charge in [-0.25, -0.2) is 13.5 Å². The third kappa shape index (κ3) is 4.70. The minimum Gasteiger partial charge on any atom is -0.492 e. The molecule has 0 atom stereocenters. The number of rotatable bonds is 6. The molecule has 0 amide bonds. The molecule has 1 fully saturated rings. The van der Waals surface area contributed by atoms with Crippen LogP contribution in [0.1, 0.15) is 12.8 Å². The summed E-state index contributed by atoms with van der Waals surface area (Å²) in [4.78, 5) is 6.88. The highest BCUT2D eigenvalue weighted by Crippen LogP contribution is 2.24. The molecular formula is C19H22N6O3S. The maximum atomic E-state index is 11.6. The quantitative estimate of drug-likeness (QED) is 0.651. The van der Waals surface area contributed by atoms with Crippen molar-refractivity contribution in [3.8, 4) is 17.0 Å². The fourth-order valence-electron chi connectivity index (χ4n) is 3.32. The first-order valence-corrected chi connectivity index (χ1v) is 11.3. The van der Waals surface area contributed by atoms with Crippen molar-refractivity contribution < 1.29 is 13.2 Å². The molecule has 0 bridgehead atoms. The second kappa shape index (κ2) is 8.16. The van der Waals surface area contributed by atoms with Crippen LogP contribution < -0.4 is 9.64 Å². The van der Waals surface area contributed by atoms with Gasteiger partial charge in [0.15, 0.2) is 9.84 Å². The summed E-state index contributed by atoms with van der Waals surface area (Å²) >= 11 is 0. The van der Waals surface area contributed by atoms with Crippen LogP contribution in [0.3, 0.4) is 0 Å². The number of anilines is 1. The third-order valence-corrected chi connectivity index (χ3v) is 6.18. The van der Waals surface area contributed by atoms with Crippen LogP contribution in [-0.2, 0) is 9.84 Å². The lowest BCUT2D eigenvalue weighted by atomic mass is 9.98. The molecule has 152 valence electrons. The van der Waals surface area contributed by atoms with Crippen LogP contribution in [0, 0.1) is 5.92 Å². The van der Waals surface area contributed by atoms with Gasteiger partial charge in [-0.1, -0.05) is 17.2 Å². The number of nitrogens with zero attached hydrogens (tertiary/aromatic N) is 5. The first-order valence-electron chi connectivity index (χ1n) is 9.37. The molecule has 0 saturated carbocycles. The number of nitrogens with one attached hydrogen (secondary N) is 1. The highest BCUT2D eigenvalue weighted by Gasteiger charge is 2.21. The van der Waals surface area contributed by atoms with Crippen molar-refractivity contribution in [1.29, 1.82) is 0 Å². The van der Waals surface area contributed by atoms with E-state index in [1.54, 1.807) is 30.5 Å². The highest BCUT2D eigenvalue weighted by atomic mass is 32.2. The molecule has 0 unspecified atom stereocenters. The lowest BCUT2D eigenvalue weighted by molar-refractivity contribution is 0.222. The van der Waals surface area contributed by atoms with Gasteiger partial charge in [0.25, 0.3) is 0 Å². The standard InChI is InChI=1S/C19H22N6O3S/c1-29(26,27)17-5-2-15(3-6-17)18-7-4-16(12-20-18)28-13-14-8-10-25(11-9-14)19-21-23-24-22-19/h2-7,12,14H,8-11,13H2,1H3,(H,21,22,23,24). The number of H-pyrrole nitrogens is 1. The van der Waals surface area contributed by atoms with E-state index in [2.05, 4.69) is 30.5 Å². The summed E-state index contributed by atoms with van der Waals surface area (Å²) in [5, 5.41) is 14.0. The summed E-state index contributed by atoms with van der Waals surface area (Å²) in [5.41, 5.74) is 1.63. The molecule has 29 heavy (non-hydrogen) atoms. The maximum Gasteiger partial charge on any atom is 0.242 e. The lowest BCUT2D eigenvalue weighted by Gasteiger charge is -2.30. The Balaban J connectivity index is 1.30. The molecule has 10 heteroatoms. The summed E-state index contributed by atoms with van der Waals surface area (Å²) in [7, 11) is -3.20. The highest BCUT2D eigenvalue weighted by molar-refractivity contribution is 7.90. The lowest BCUT2D eigenvalue weighted by Crippen LogP contribution is -2.36. The predicted octanol–water partition coefficient (Wildman–Crippen LogP) is 1.96. The Morgan fingerprint density at radius 1 is 1.14 bits per heavy atom. The number of pyridine rings is 1. The molecule has 0 spiro atoms. The van der Waals surface area contributed by atoms with Crippen LogP contribution >= 0.6 is 0 Å². The van der Waals surface area contributed by atoms with Crippen LogP contribution in [0.15, 0.2) is 47.5 Å². The van der Waals surface area contributed by atoms with Crippen LogP contribution in [0.25, 0.3) is 11.3 Å². The molecule has 9 nitrogen and oxygen atoms in total. The Labute approximate surface area is 169 Å². The number of aromatic nitrogens is 5. The Morgan fingerprint density at radius 3 is 2.48 bits per heavy atom. The minimum absolute atomic E-state index is 0.298. The Kier molecular flexibility index (Phi) is 5.43. The van der Waals surface area contributed by atoms with Gasteiger partial charge in [-0.2, -0.15) is 0 Å². The summed E-state index contributed by atoms with van der Waals surface area (Å²) in [6, 6.07) is 10.5. The van der Waals surface area contributed by atoms with E-state index in [0.29, 0.717) is 23.4 Å². The van der Waals surface area contributed by atoms with E-state index < -0.39 is 9.84 Å². The summed E-state index contributed by atoms with van der Waals surface area (Å²) in [6.45, 7) is 2.43. The van der Waals surface area contributed by atoms with Gasteiger partial charge in [-0.15, -0.1) is 0 Å². The summed E-state index contributed by atoms with van der Waals surface area (Å²) < 4.78 is 29.0. The molecule has 1 N–H and O–H groups in total. The van der Waals surface area contributed by atoms with Crippen molar-refractivity contribution in [2.45, 2.75) is 17.7 Å². The molecule has 2 aromatic heterocycles. The summed E-state index contributed by atoms with van der Waals surface area (Å²) in [5.74, 6) is 1.92. The zero-order valence-electron chi connectivity index (χ0n) is 16.0. The van der Waals surface area contributed by atoms with E-state index in [-0.39, 0.29) is 0 Å². The first-order chi connectivity index (χ1) is 14.0. The zero-order chi connectivity index (χ0) is 20.3. The molecule has 1 aromatic carbocycles. The average molecular weight is 414 g/mol. The molecular weight excluding hydrogens is 392 g/mol. The van der Waals surface area contributed by atoms with Crippen LogP contribution in [0.5, 0.6) is 5.75 Å². The second-order valence-corrected chi connectivity index (χ2v) is 9.16. The third-order valence-electron chi connectivity index (χ3n) is 5.05. The number of ether oxygens (including phenoxy) is 1. The van der Waals surface area contributed by atoms with Gasteiger partial charge in [0.05, 0.1) is 23.4 Å². The molecule has 3 aromatic rings. The largest absolute Gasteiger partial charge is 0.492 e. The number of tetrazole rings is 1. The monoisotopic (exact) mass is 414 g/mol. The molecule has 1 saturated heterocycles. The first kappa shape index (κ1) is 19.3. The molecule has 4 rings (SSSR count). The van der Waals surface area contributed by atoms with Gasteiger partial charge in [0.1, 0.15) is 5.75 Å². The fourth-order valence-corrected chi connectivity index (χ4v) is 3.95. The fraction of sp³-hybridized carbons (Fsp3) is 0.368. The predicted molar refractivity (Wildman–Crippen MR) is 107 cm³/mol. The van der Waals surface area contributed by atoms with E-state index in [1.807, 2.05) is 12.1 Å². The van der Waals surface area contributed by atoms with Gasteiger partial charge >= 0.3 is 0 Å². The van der Waals surface area contributed by atoms with Crippen molar-refractivity contribution in [3.63, 3.8) is 0 Å². The average Bonchev–Trinajstić information content (AvgIpc) is 3.27. The van der Waals surface area contributed by atoms with E-state index in [0.717, 1.165) is 42.9 Å². The Hall–Kier alpha value is -3.01. The number of sulfone groups is 1. The number of benzene rings is 1. The molecule has 0 radical (unpaired) electrons. The van der Waals surface area contributed by atoms with Crippen molar-refractivity contribution in [2.75, 3.05) is 30.9 Å². The van der Waals surface area contributed by atoms with E-state index in [4.69, 9.17) is 4.74 Å². The van der Waals surface area contributed by atoms with E-state index in [1.165, 1.54) is 6.26 Å². The number of piperidine rings is 1. The maximum absolute atomic E-state index is 11.6. The number of hydrogen-bond donors (Lipinski definition) is 1. The normalized spacial score (nSPS) is 15.4. The molecule has 1 aliphatic rings. The minimum atomic E-state index is -3.20. The van der Waals surface area contributed by atoms with Gasteiger partial charge in [0, 0.05) is 24.9 Å². The van der Waals surface area contributed by atoms with Crippen molar-refractivity contribution >= 4 is 15.8 Å². The number of aromatic amines is 1. The molecule has 1 aliphatic heterocycles. The molecule has 3 heterocycles. The molecule has 0 aliphatic carbocycles. The van der Waals surface area contributed by atoms with Gasteiger partial charge in [-0.3, -0.25) is 4.98 Å². The van der Waals surface area contributed by atoms with Crippen LogP contribution in [0.2, 0.25) is 0 Å². The van der Waals surface area contributed by atoms with Gasteiger partial charge in [-0.05, 0) is 53.5 Å². The van der Waals surface area contributed by atoms with E-state index >= 15 is 0 Å². The Bertz CT molecular complexity index is 1030. The zero-order valence-corrected chi connectivity index (χ0v) is 16.8. The van der Waals surface area contributed by atoms with Crippen LogP contribution in [0.4, 0.5) is 5.95 Å². The smallest absolute Gasteiger partial charge is 0.242 e. The second-order valence-electron chi connectivity index (χ2n) is 7.14. The van der Waals surface area contributed by atoms with Crippen molar-refractivity contribution in [3.05, 3.63) is 42.6 Å². The van der Waals surface area contributed by atoms with Gasteiger partial charge in [0.2, 0.25) is 5.95 Å². The Morgan fingerprint density at radius 2 is 1.90 bits per heavy atom. The topological polar surface area (TPSA) is 114 Å².